The first-order chi connectivity index (χ1) is 10.6. The zero-order valence-electron chi connectivity index (χ0n) is 13.3. The second kappa shape index (κ2) is 5.91. The molecule has 0 saturated heterocycles. The van der Waals surface area contributed by atoms with Gasteiger partial charge in [0.25, 0.3) is 0 Å². The molecule has 2 nitrogen and oxygen atoms in total. The van der Waals surface area contributed by atoms with Crippen molar-refractivity contribution >= 4 is 5.65 Å². The molecule has 0 fully saturated rings. The maximum Gasteiger partial charge on any atom is 0.137 e. The van der Waals surface area contributed by atoms with Crippen molar-refractivity contribution in [2.45, 2.75) is 39.8 Å². The van der Waals surface area contributed by atoms with Gasteiger partial charge in [0.2, 0.25) is 0 Å². The van der Waals surface area contributed by atoms with Crippen molar-refractivity contribution in [3.05, 3.63) is 70.7 Å². The predicted octanol–water partition coefficient (Wildman–Crippen LogP) is 4.83. The molecule has 0 saturated carbocycles. The summed E-state index contributed by atoms with van der Waals surface area (Å²) >= 11 is 0. The Hall–Kier alpha value is -2.16. The number of aromatic nitrogens is 2. The van der Waals surface area contributed by atoms with E-state index in [1.807, 2.05) is 24.3 Å². The van der Waals surface area contributed by atoms with Crippen LogP contribution in [0.1, 0.15) is 47.8 Å². The molecule has 3 aromatic rings. The molecule has 2 aromatic heterocycles. The molecule has 0 spiro atoms. The average molecular weight is 296 g/mol. The number of alkyl halides is 1. The summed E-state index contributed by atoms with van der Waals surface area (Å²) in [7, 11) is 0. The van der Waals surface area contributed by atoms with Gasteiger partial charge in [-0.05, 0) is 41.7 Å². The number of fused-ring (bicyclic) bond motifs is 1. The van der Waals surface area contributed by atoms with Crippen LogP contribution in [-0.4, -0.2) is 9.38 Å². The van der Waals surface area contributed by atoms with Crippen LogP contribution in [0, 0.1) is 6.92 Å². The first-order valence-corrected chi connectivity index (χ1v) is 7.69. The van der Waals surface area contributed by atoms with Gasteiger partial charge < -0.3 is 4.40 Å². The molecule has 114 valence electrons. The molecular weight excluding hydrogens is 275 g/mol. The molecule has 0 unspecified atom stereocenters. The van der Waals surface area contributed by atoms with Crippen LogP contribution < -0.4 is 0 Å². The zero-order chi connectivity index (χ0) is 15.7. The number of hydrogen-bond acceptors (Lipinski definition) is 1. The topological polar surface area (TPSA) is 17.3 Å². The van der Waals surface area contributed by atoms with Crippen LogP contribution in [-0.2, 0) is 13.1 Å². The summed E-state index contributed by atoms with van der Waals surface area (Å²) in [5.41, 5.74) is 6.44. The second-order valence-electron chi connectivity index (χ2n) is 6.20. The van der Waals surface area contributed by atoms with Crippen LogP contribution in [0.15, 0.2) is 42.6 Å². The Balaban J connectivity index is 2.01. The molecule has 0 amide bonds. The number of hydrogen-bond donors (Lipinski definition) is 0. The lowest BCUT2D eigenvalue weighted by atomic mass is 10.1. The minimum absolute atomic E-state index is 0.408. The van der Waals surface area contributed by atoms with E-state index in [4.69, 9.17) is 4.98 Å². The van der Waals surface area contributed by atoms with Crippen molar-refractivity contribution in [2.75, 3.05) is 0 Å². The van der Waals surface area contributed by atoms with E-state index in [0.717, 1.165) is 23.3 Å². The number of halogens is 1. The summed E-state index contributed by atoms with van der Waals surface area (Å²) < 4.78 is 14.8. The number of pyridine rings is 1. The van der Waals surface area contributed by atoms with Gasteiger partial charge in [-0.2, -0.15) is 0 Å². The second-order valence-corrected chi connectivity index (χ2v) is 6.20. The van der Waals surface area contributed by atoms with E-state index in [-0.39, 0.29) is 0 Å². The van der Waals surface area contributed by atoms with Gasteiger partial charge in [-0.1, -0.05) is 38.1 Å². The third kappa shape index (κ3) is 2.89. The summed E-state index contributed by atoms with van der Waals surface area (Å²) in [5, 5.41) is 0. The van der Waals surface area contributed by atoms with E-state index in [1.165, 1.54) is 16.8 Å². The number of rotatable bonds is 4. The third-order valence-corrected chi connectivity index (χ3v) is 3.97. The smallest absolute Gasteiger partial charge is 0.137 e. The molecule has 0 radical (unpaired) electrons. The molecule has 0 bridgehead atoms. The largest absolute Gasteiger partial charge is 0.303 e. The Kier molecular flexibility index (Phi) is 3.97. The fourth-order valence-electron chi connectivity index (χ4n) is 2.69. The summed E-state index contributed by atoms with van der Waals surface area (Å²) in [5.74, 6) is 0.414. The fourth-order valence-corrected chi connectivity index (χ4v) is 2.69. The molecule has 0 aliphatic heterocycles. The highest BCUT2D eigenvalue weighted by molar-refractivity contribution is 5.46. The summed E-state index contributed by atoms with van der Waals surface area (Å²) in [4.78, 5) is 4.72. The minimum Gasteiger partial charge on any atom is -0.303 e. The molecule has 0 N–H and O–H groups in total. The van der Waals surface area contributed by atoms with Gasteiger partial charge in [-0.15, -0.1) is 0 Å². The summed E-state index contributed by atoms with van der Waals surface area (Å²) in [6.07, 6.45) is 2.95. The molecule has 1 aromatic carbocycles. The first-order valence-electron chi connectivity index (χ1n) is 7.69. The molecule has 3 heteroatoms. The zero-order valence-corrected chi connectivity index (χ0v) is 13.3. The number of nitrogens with zero attached hydrogens (tertiary/aromatic N) is 2. The third-order valence-electron chi connectivity index (χ3n) is 3.97. The van der Waals surface area contributed by atoms with Crippen molar-refractivity contribution in [2.24, 2.45) is 0 Å². The van der Waals surface area contributed by atoms with Crippen molar-refractivity contribution in [1.82, 2.24) is 9.38 Å². The summed E-state index contributed by atoms with van der Waals surface area (Å²) in [6, 6.07) is 12.0. The highest BCUT2D eigenvalue weighted by Crippen LogP contribution is 2.20. The minimum atomic E-state index is -0.408. The van der Waals surface area contributed by atoms with Crippen LogP contribution in [0.4, 0.5) is 4.39 Å². The Morgan fingerprint density at radius 1 is 1.09 bits per heavy atom. The number of benzene rings is 1. The summed E-state index contributed by atoms with van der Waals surface area (Å²) in [6.45, 7) is 6.00. The fraction of sp³-hybridized carbons (Fsp3) is 0.316. The van der Waals surface area contributed by atoms with Gasteiger partial charge in [-0.3, -0.25) is 0 Å². The average Bonchev–Trinajstić information content (AvgIpc) is 2.92. The molecule has 0 aliphatic rings. The van der Waals surface area contributed by atoms with Crippen LogP contribution in [0.3, 0.4) is 0 Å². The predicted molar refractivity (Wildman–Crippen MR) is 88.1 cm³/mol. The van der Waals surface area contributed by atoms with Crippen molar-refractivity contribution in [3.63, 3.8) is 0 Å². The Labute approximate surface area is 130 Å². The van der Waals surface area contributed by atoms with E-state index in [2.05, 4.69) is 43.5 Å². The molecule has 2 heterocycles. The van der Waals surface area contributed by atoms with Crippen LogP contribution in [0.2, 0.25) is 0 Å². The van der Waals surface area contributed by atoms with E-state index in [9.17, 15) is 4.39 Å². The lowest BCUT2D eigenvalue weighted by molar-refractivity contribution is 0.485. The SMILES string of the molecule is Cc1cc(Cc2ccc(CF)cc2)n2cc(C(C)C)nc2c1. The quantitative estimate of drug-likeness (QED) is 0.674. The van der Waals surface area contributed by atoms with Gasteiger partial charge in [0.1, 0.15) is 12.3 Å². The van der Waals surface area contributed by atoms with E-state index < -0.39 is 6.67 Å². The van der Waals surface area contributed by atoms with Gasteiger partial charge in [0, 0.05) is 18.3 Å². The molecule has 0 aliphatic carbocycles. The Morgan fingerprint density at radius 2 is 1.77 bits per heavy atom. The van der Waals surface area contributed by atoms with E-state index in [0.29, 0.717) is 5.92 Å². The Bertz CT molecular complexity index is 785. The van der Waals surface area contributed by atoms with Crippen LogP contribution in [0.5, 0.6) is 0 Å². The van der Waals surface area contributed by atoms with Crippen molar-refractivity contribution in [1.29, 1.82) is 0 Å². The molecular formula is C19H21FN2. The Morgan fingerprint density at radius 3 is 2.41 bits per heavy atom. The standard InChI is InChI=1S/C19H21FN2/c1-13(2)18-12-22-17(8-14(3)9-19(22)21-18)10-15-4-6-16(11-20)7-5-15/h4-9,12-13H,10-11H2,1-3H3. The number of imidazole rings is 1. The number of aryl methyl sites for hydroxylation is 1. The molecule has 3 rings (SSSR count). The highest BCUT2D eigenvalue weighted by Gasteiger charge is 2.10. The van der Waals surface area contributed by atoms with Gasteiger partial charge >= 0.3 is 0 Å². The maximum absolute atomic E-state index is 12.6. The lowest BCUT2D eigenvalue weighted by Gasteiger charge is -2.08. The van der Waals surface area contributed by atoms with Crippen LogP contribution in [0.25, 0.3) is 5.65 Å². The first kappa shape index (κ1) is 14.8. The van der Waals surface area contributed by atoms with Crippen molar-refractivity contribution in [3.8, 4) is 0 Å². The molecule has 22 heavy (non-hydrogen) atoms. The van der Waals surface area contributed by atoms with E-state index in [1.54, 1.807) is 0 Å². The van der Waals surface area contributed by atoms with Crippen molar-refractivity contribution < 1.29 is 4.39 Å². The van der Waals surface area contributed by atoms with E-state index >= 15 is 0 Å². The normalized spacial score (nSPS) is 11.5. The molecule has 0 atom stereocenters. The van der Waals surface area contributed by atoms with Gasteiger partial charge in [0.15, 0.2) is 0 Å². The maximum atomic E-state index is 12.6. The van der Waals surface area contributed by atoms with Crippen LogP contribution >= 0.6 is 0 Å². The van der Waals surface area contributed by atoms with Gasteiger partial charge in [0.05, 0.1) is 5.69 Å². The monoisotopic (exact) mass is 296 g/mol. The highest BCUT2D eigenvalue weighted by atomic mass is 19.1. The lowest BCUT2D eigenvalue weighted by Crippen LogP contribution is -1.98. The van der Waals surface area contributed by atoms with Gasteiger partial charge in [-0.25, -0.2) is 9.37 Å².